The Balaban J connectivity index is 2.37. The Bertz CT molecular complexity index is 263. The van der Waals surface area contributed by atoms with Crippen LogP contribution in [0.25, 0.3) is 0 Å². The number of carbonyl (C=O) groups is 1. The van der Waals surface area contributed by atoms with E-state index in [4.69, 9.17) is 15.2 Å². The summed E-state index contributed by atoms with van der Waals surface area (Å²) < 4.78 is 10.4. The lowest BCUT2D eigenvalue weighted by Gasteiger charge is -2.31. The van der Waals surface area contributed by atoms with Gasteiger partial charge in [0, 0.05) is 19.7 Å². The molecule has 1 aliphatic rings. The van der Waals surface area contributed by atoms with Gasteiger partial charge in [0.05, 0.1) is 13.2 Å². The van der Waals surface area contributed by atoms with Crippen molar-refractivity contribution in [2.45, 2.75) is 32.2 Å². The summed E-state index contributed by atoms with van der Waals surface area (Å²) in [5.74, 6) is 0.207. The third kappa shape index (κ3) is 4.92. The van der Waals surface area contributed by atoms with Crippen LogP contribution in [-0.4, -0.2) is 56.4 Å². The zero-order valence-corrected chi connectivity index (χ0v) is 11.8. The van der Waals surface area contributed by atoms with Gasteiger partial charge in [-0.3, -0.25) is 4.79 Å². The van der Waals surface area contributed by atoms with E-state index in [0.717, 1.165) is 26.2 Å². The molecule has 5 heteroatoms. The van der Waals surface area contributed by atoms with E-state index in [0.29, 0.717) is 19.1 Å². The third-order valence-electron chi connectivity index (χ3n) is 3.16. The zero-order chi connectivity index (χ0) is 13.6. The van der Waals surface area contributed by atoms with Crippen molar-refractivity contribution < 1.29 is 14.3 Å². The molecule has 18 heavy (non-hydrogen) atoms. The highest BCUT2D eigenvalue weighted by Gasteiger charge is 2.32. The van der Waals surface area contributed by atoms with Crippen LogP contribution in [0.4, 0.5) is 0 Å². The normalized spacial score (nSPS) is 23.7. The van der Waals surface area contributed by atoms with Crippen molar-refractivity contribution in [2.24, 2.45) is 11.7 Å². The minimum atomic E-state index is -0.944. The lowest BCUT2D eigenvalue weighted by atomic mass is 9.99. The van der Waals surface area contributed by atoms with Crippen LogP contribution < -0.4 is 5.73 Å². The quantitative estimate of drug-likeness (QED) is 0.708. The Morgan fingerprint density at radius 2 is 2.33 bits per heavy atom. The van der Waals surface area contributed by atoms with Gasteiger partial charge in [-0.1, -0.05) is 0 Å². The van der Waals surface area contributed by atoms with E-state index in [1.54, 1.807) is 13.8 Å². The van der Waals surface area contributed by atoms with Crippen LogP contribution in [0.5, 0.6) is 0 Å². The van der Waals surface area contributed by atoms with Gasteiger partial charge in [-0.2, -0.15) is 0 Å². The molecule has 0 aromatic carbocycles. The Labute approximate surface area is 110 Å². The molecule has 2 N–H and O–H groups in total. The Kier molecular flexibility index (Phi) is 6.05. The van der Waals surface area contributed by atoms with E-state index in [-0.39, 0.29) is 5.97 Å². The lowest BCUT2D eigenvalue weighted by Crippen LogP contribution is -2.54. The number of nitrogens with zero attached hydrogens (tertiary/aromatic N) is 1. The van der Waals surface area contributed by atoms with Crippen LogP contribution in [-0.2, 0) is 14.3 Å². The number of esters is 1. The van der Waals surface area contributed by atoms with Gasteiger partial charge in [0.2, 0.25) is 0 Å². The molecule has 0 amide bonds. The molecule has 2 atom stereocenters. The van der Waals surface area contributed by atoms with Gasteiger partial charge in [0.15, 0.2) is 0 Å². The maximum Gasteiger partial charge on any atom is 0.327 e. The summed E-state index contributed by atoms with van der Waals surface area (Å²) in [6.07, 6.45) is 2.31. The van der Waals surface area contributed by atoms with Crippen molar-refractivity contribution in [3.8, 4) is 0 Å². The second kappa shape index (κ2) is 7.07. The van der Waals surface area contributed by atoms with Gasteiger partial charge in [0.25, 0.3) is 0 Å². The molecule has 5 nitrogen and oxygen atoms in total. The first-order valence-electron chi connectivity index (χ1n) is 6.68. The standard InChI is InChI=1S/C13H26N2O3/c1-4-18-12(16)13(2,14)10-15(3)8-11-6-5-7-17-9-11/h11H,4-10,14H2,1-3H3. The topological polar surface area (TPSA) is 64.8 Å². The molecule has 1 aliphatic heterocycles. The fourth-order valence-electron chi connectivity index (χ4n) is 2.38. The number of likely N-dealkylation sites (N-methyl/N-ethyl adjacent to an activating group) is 1. The molecule has 0 radical (unpaired) electrons. The third-order valence-corrected chi connectivity index (χ3v) is 3.16. The average molecular weight is 258 g/mol. The van der Waals surface area contributed by atoms with Gasteiger partial charge in [-0.15, -0.1) is 0 Å². The van der Waals surface area contributed by atoms with Crippen molar-refractivity contribution in [3.05, 3.63) is 0 Å². The van der Waals surface area contributed by atoms with Gasteiger partial charge in [0.1, 0.15) is 5.54 Å². The zero-order valence-electron chi connectivity index (χ0n) is 11.8. The number of hydrogen-bond acceptors (Lipinski definition) is 5. The van der Waals surface area contributed by atoms with Crippen molar-refractivity contribution in [2.75, 3.05) is 40.0 Å². The molecule has 1 rings (SSSR count). The minimum Gasteiger partial charge on any atom is -0.465 e. The fourth-order valence-corrected chi connectivity index (χ4v) is 2.38. The highest BCUT2D eigenvalue weighted by Crippen LogP contribution is 2.15. The van der Waals surface area contributed by atoms with Crippen molar-refractivity contribution in [3.63, 3.8) is 0 Å². The molecule has 0 saturated carbocycles. The SMILES string of the molecule is CCOC(=O)C(C)(N)CN(C)CC1CCCOC1. The highest BCUT2D eigenvalue weighted by molar-refractivity contribution is 5.80. The van der Waals surface area contributed by atoms with Gasteiger partial charge < -0.3 is 20.1 Å². The number of rotatable bonds is 6. The fraction of sp³-hybridized carbons (Fsp3) is 0.923. The monoisotopic (exact) mass is 258 g/mol. The molecule has 0 spiro atoms. The number of ether oxygens (including phenoxy) is 2. The molecule has 0 aliphatic carbocycles. The van der Waals surface area contributed by atoms with Gasteiger partial charge in [-0.05, 0) is 39.7 Å². The van der Waals surface area contributed by atoms with Crippen LogP contribution in [0.15, 0.2) is 0 Å². The smallest absolute Gasteiger partial charge is 0.327 e. The average Bonchev–Trinajstić information content (AvgIpc) is 2.29. The van der Waals surface area contributed by atoms with Crippen LogP contribution in [0.2, 0.25) is 0 Å². The summed E-state index contributed by atoms with van der Waals surface area (Å²) in [5, 5.41) is 0. The van der Waals surface area contributed by atoms with Crippen molar-refractivity contribution >= 4 is 5.97 Å². The predicted molar refractivity (Wildman–Crippen MR) is 70.3 cm³/mol. The van der Waals surface area contributed by atoms with Crippen molar-refractivity contribution in [1.29, 1.82) is 0 Å². The summed E-state index contributed by atoms with van der Waals surface area (Å²) in [6, 6.07) is 0. The number of hydrogen-bond donors (Lipinski definition) is 1. The summed E-state index contributed by atoms with van der Waals surface area (Å²) in [6.45, 7) is 6.97. The highest BCUT2D eigenvalue weighted by atomic mass is 16.5. The Morgan fingerprint density at radius 1 is 1.61 bits per heavy atom. The van der Waals surface area contributed by atoms with Crippen LogP contribution >= 0.6 is 0 Å². The Hall–Kier alpha value is -0.650. The first kappa shape index (κ1) is 15.4. The molecular formula is C13H26N2O3. The lowest BCUT2D eigenvalue weighted by molar-refractivity contribution is -0.149. The molecule has 0 aromatic rings. The van der Waals surface area contributed by atoms with E-state index in [1.165, 1.54) is 6.42 Å². The molecule has 2 unspecified atom stereocenters. The molecular weight excluding hydrogens is 232 g/mol. The summed E-state index contributed by atoms with van der Waals surface area (Å²) in [4.78, 5) is 13.8. The van der Waals surface area contributed by atoms with E-state index < -0.39 is 5.54 Å². The number of carbonyl (C=O) groups excluding carboxylic acids is 1. The largest absolute Gasteiger partial charge is 0.465 e. The van der Waals surface area contributed by atoms with Crippen LogP contribution in [0.1, 0.15) is 26.7 Å². The van der Waals surface area contributed by atoms with E-state index >= 15 is 0 Å². The van der Waals surface area contributed by atoms with Crippen molar-refractivity contribution in [1.82, 2.24) is 4.90 Å². The molecule has 1 heterocycles. The summed E-state index contributed by atoms with van der Waals surface area (Å²) >= 11 is 0. The molecule has 0 aromatic heterocycles. The first-order valence-corrected chi connectivity index (χ1v) is 6.68. The van der Waals surface area contributed by atoms with E-state index in [1.807, 2.05) is 7.05 Å². The van der Waals surface area contributed by atoms with E-state index in [2.05, 4.69) is 4.90 Å². The van der Waals surface area contributed by atoms with Gasteiger partial charge >= 0.3 is 5.97 Å². The Morgan fingerprint density at radius 3 is 2.89 bits per heavy atom. The second-order valence-corrected chi connectivity index (χ2v) is 5.42. The molecule has 1 saturated heterocycles. The number of nitrogens with two attached hydrogens (primary N) is 1. The molecule has 0 bridgehead atoms. The second-order valence-electron chi connectivity index (χ2n) is 5.42. The van der Waals surface area contributed by atoms with Crippen LogP contribution in [0.3, 0.4) is 0 Å². The first-order chi connectivity index (χ1) is 8.45. The van der Waals surface area contributed by atoms with E-state index in [9.17, 15) is 4.79 Å². The summed E-state index contributed by atoms with van der Waals surface area (Å²) in [5.41, 5.74) is 5.06. The van der Waals surface area contributed by atoms with Gasteiger partial charge in [-0.25, -0.2) is 0 Å². The molecule has 106 valence electrons. The summed E-state index contributed by atoms with van der Waals surface area (Å²) in [7, 11) is 1.99. The molecule has 1 fully saturated rings. The maximum atomic E-state index is 11.7. The van der Waals surface area contributed by atoms with Crippen LogP contribution in [0, 0.1) is 5.92 Å². The maximum absolute atomic E-state index is 11.7. The minimum absolute atomic E-state index is 0.336. The predicted octanol–water partition coefficient (Wildman–Crippen LogP) is 0.625.